The van der Waals surface area contributed by atoms with Crippen molar-refractivity contribution in [1.82, 2.24) is 0 Å². The first-order chi connectivity index (χ1) is 11.8. The van der Waals surface area contributed by atoms with Gasteiger partial charge in [-0.1, -0.05) is 30.3 Å². The van der Waals surface area contributed by atoms with Gasteiger partial charge in [0, 0.05) is 5.56 Å². The summed E-state index contributed by atoms with van der Waals surface area (Å²) in [5, 5.41) is 9.18. The minimum Gasteiger partial charge on any atom is -0.478 e. The van der Waals surface area contributed by atoms with Gasteiger partial charge >= 0.3 is 11.9 Å². The Morgan fingerprint density at radius 1 is 1.08 bits per heavy atom. The third-order valence-electron chi connectivity index (χ3n) is 3.57. The van der Waals surface area contributed by atoms with Crippen LogP contribution in [-0.4, -0.2) is 28.9 Å². The van der Waals surface area contributed by atoms with Crippen LogP contribution in [-0.2, 0) is 11.3 Å². The molecular formula is C18H18N2O5. The highest BCUT2D eigenvalue weighted by Gasteiger charge is 2.26. The molecule has 0 fully saturated rings. The van der Waals surface area contributed by atoms with Gasteiger partial charge in [0.1, 0.15) is 6.61 Å². The predicted octanol–water partition coefficient (Wildman–Crippen LogP) is 1.85. The van der Waals surface area contributed by atoms with Crippen molar-refractivity contribution in [2.45, 2.75) is 19.6 Å². The summed E-state index contributed by atoms with van der Waals surface area (Å²) in [5.41, 5.74) is 11.2. The summed E-state index contributed by atoms with van der Waals surface area (Å²) >= 11 is 0. The lowest BCUT2D eigenvalue weighted by Gasteiger charge is -2.14. The van der Waals surface area contributed by atoms with Crippen LogP contribution < -0.4 is 11.5 Å². The molecule has 2 aromatic carbocycles. The van der Waals surface area contributed by atoms with E-state index in [2.05, 4.69) is 0 Å². The number of carboxylic acids is 1. The summed E-state index contributed by atoms with van der Waals surface area (Å²) in [7, 11) is 0. The van der Waals surface area contributed by atoms with E-state index in [1.165, 1.54) is 19.1 Å². The minimum atomic E-state index is -1.31. The summed E-state index contributed by atoms with van der Waals surface area (Å²) in [6.07, 6.45) is 0. The second-order valence-corrected chi connectivity index (χ2v) is 5.47. The summed E-state index contributed by atoms with van der Waals surface area (Å²) in [6.45, 7) is 1.42. The first-order valence-corrected chi connectivity index (χ1v) is 7.49. The second kappa shape index (κ2) is 7.59. The molecule has 2 rings (SSSR count). The summed E-state index contributed by atoms with van der Waals surface area (Å²) < 4.78 is 5.20. The molecule has 1 unspecified atom stereocenters. The van der Waals surface area contributed by atoms with Crippen molar-refractivity contribution >= 4 is 23.4 Å². The van der Waals surface area contributed by atoms with Gasteiger partial charge in [0.05, 0.1) is 22.9 Å². The number of nitrogens with two attached hydrogens (primary N) is 2. The quantitative estimate of drug-likeness (QED) is 0.414. The fraction of sp³-hybridized carbons (Fsp3) is 0.167. The van der Waals surface area contributed by atoms with Gasteiger partial charge < -0.3 is 21.3 Å². The molecule has 0 bridgehead atoms. The number of nitrogen functional groups attached to an aromatic ring is 1. The molecule has 130 valence electrons. The van der Waals surface area contributed by atoms with E-state index in [0.717, 1.165) is 5.56 Å². The van der Waals surface area contributed by atoms with Crippen LogP contribution in [0.2, 0.25) is 0 Å². The van der Waals surface area contributed by atoms with E-state index in [1.807, 2.05) is 6.07 Å². The maximum atomic E-state index is 12.5. The maximum Gasteiger partial charge on any atom is 0.341 e. The summed E-state index contributed by atoms with van der Waals surface area (Å²) in [5.74, 6) is -2.72. The van der Waals surface area contributed by atoms with Crippen molar-refractivity contribution in [3.05, 3.63) is 64.7 Å². The molecule has 0 saturated heterocycles. The Morgan fingerprint density at radius 3 is 2.24 bits per heavy atom. The number of carbonyl (C=O) groups is 3. The molecule has 0 aromatic heterocycles. The summed E-state index contributed by atoms with van der Waals surface area (Å²) in [6, 6.07) is 10.4. The molecular weight excluding hydrogens is 324 g/mol. The highest BCUT2D eigenvalue weighted by Crippen LogP contribution is 2.25. The highest BCUT2D eigenvalue weighted by molar-refractivity contribution is 6.13. The van der Waals surface area contributed by atoms with E-state index >= 15 is 0 Å². The second-order valence-electron chi connectivity index (χ2n) is 5.47. The molecule has 0 aliphatic heterocycles. The molecule has 1 atom stereocenters. The third-order valence-corrected chi connectivity index (χ3v) is 3.57. The zero-order valence-corrected chi connectivity index (χ0v) is 13.6. The number of hydrogen-bond acceptors (Lipinski definition) is 6. The fourth-order valence-electron chi connectivity index (χ4n) is 2.27. The zero-order valence-electron chi connectivity index (χ0n) is 13.6. The van der Waals surface area contributed by atoms with E-state index in [-0.39, 0.29) is 29.0 Å². The van der Waals surface area contributed by atoms with Gasteiger partial charge in [0.25, 0.3) is 0 Å². The van der Waals surface area contributed by atoms with Gasteiger partial charge in [-0.3, -0.25) is 4.79 Å². The number of esters is 1. The lowest BCUT2D eigenvalue weighted by molar-refractivity contribution is 0.0471. The average Bonchev–Trinajstić information content (AvgIpc) is 2.59. The van der Waals surface area contributed by atoms with Crippen LogP contribution in [0.5, 0.6) is 0 Å². The van der Waals surface area contributed by atoms with Crippen LogP contribution in [0.4, 0.5) is 5.69 Å². The molecule has 0 heterocycles. The zero-order chi connectivity index (χ0) is 18.6. The molecule has 0 aliphatic carbocycles. The van der Waals surface area contributed by atoms with Gasteiger partial charge in [-0.25, -0.2) is 9.59 Å². The topological polar surface area (TPSA) is 133 Å². The molecule has 7 nitrogen and oxygen atoms in total. The number of carboxylic acid groups (broad SMARTS) is 1. The fourth-order valence-corrected chi connectivity index (χ4v) is 2.27. The van der Waals surface area contributed by atoms with E-state index in [9.17, 15) is 19.5 Å². The number of ketones is 1. The number of anilines is 1. The molecule has 25 heavy (non-hydrogen) atoms. The lowest BCUT2D eigenvalue weighted by Crippen LogP contribution is -2.29. The molecule has 0 amide bonds. The van der Waals surface area contributed by atoms with Crippen LogP contribution in [0.1, 0.15) is 43.6 Å². The van der Waals surface area contributed by atoms with Gasteiger partial charge in [0.2, 0.25) is 0 Å². The molecule has 0 spiro atoms. The number of carbonyl (C=O) groups excluding carboxylic acids is 2. The van der Waals surface area contributed by atoms with Crippen molar-refractivity contribution in [3.8, 4) is 0 Å². The van der Waals surface area contributed by atoms with E-state index in [1.54, 1.807) is 24.3 Å². The number of ether oxygens (including phenoxy) is 1. The Hall–Kier alpha value is -3.19. The molecule has 2 aromatic rings. The Bertz CT molecular complexity index is 816. The molecule has 0 saturated carbocycles. The van der Waals surface area contributed by atoms with Gasteiger partial charge in [-0.2, -0.15) is 0 Å². The monoisotopic (exact) mass is 342 g/mol. The maximum absolute atomic E-state index is 12.5. The number of benzene rings is 2. The SMILES string of the molecule is CC(N)C(=O)c1ccc(C(=O)O)c(N)c1C(=O)OCc1ccccc1. The third kappa shape index (κ3) is 4.02. The molecule has 5 N–H and O–H groups in total. The van der Waals surface area contributed by atoms with Gasteiger partial charge in [-0.15, -0.1) is 0 Å². The number of aromatic carboxylic acids is 1. The average molecular weight is 342 g/mol. The number of rotatable bonds is 6. The highest BCUT2D eigenvalue weighted by atomic mass is 16.5. The van der Waals surface area contributed by atoms with Crippen molar-refractivity contribution in [1.29, 1.82) is 0 Å². The Morgan fingerprint density at radius 2 is 1.68 bits per heavy atom. The van der Waals surface area contributed by atoms with Crippen LogP contribution in [0.15, 0.2) is 42.5 Å². The van der Waals surface area contributed by atoms with E-state index in [4.69, 9.17) is 16.2 Å². The molecule has 0 radical (unpaired) electrons. The van der Waals surface area contributed by atoms with Crippen molar-refractivity contribution in [3.63, 3.8) is 0 Å². The number of hydrogen-bond donors (Lipinski definition) is 3. The first kappa shape index (κ1) is 18.2. The Labute approximate surface area is 144 Å². The standard InChI is InChI=1S/C18H18N2O5/c1-10(19)16(21)12-7-8-13(17(22)23)15(20)14(12)18(24)25-9-11-5-3-2-4-6-11/h2-8,10H,9,19-20H2,1H3,(H,22,23). The van der Waals surface area contributed by atoms with Crippen molar-refractivity contribution in [2.75, 3.05) is 5.73 Å². The van der Waals surface area contributed by atoms with Gasteiger partial charge in [-0.05, 0) is 24.6 Å². The van der Waals surface area contributed by atoms with Crippen LogP contribution in [0, 0.1) is 0 Å². The molecule has 0 aliphatic rings. The predicted molar refractivity (Wildman–Crippen MR) is 91.4 cm³/mol. The summed E-state index contributed by atoms with van der Waals surface area (Å²) in [4.78, 5) is 36.0. The lowest BCUT2D eigenvalue weighted by atomic mass is 9.95. The normalized spacial score (nSPS) is 11.6. The van der Waals surface area contributed by atoms with Crippen LogP contribution >= 0.6 is 0 Å². The smallest absolute Gasteiger partial charge is 0.341 e. The van der Waals surface area contributed by atoms with E-state index in [0.29, 0.717) is 0 Å². The minimum absolute atomic E-state index is 0.0395. The largest absolute Gasteiger partial charge is 0.478 e. The van der Waals surface area contributed by atoms with Crippen molar-refractivity contribution < 1.29 is 24.2 Å². The van der Waals surface area contributed by atoms with Crippen LogP contribution in [0.25, 0.3) is 0 Å². The Balaban J connectivity index is 2.41. The first-order valence-electron chi connectivity index (χ1n) is 7.49. The van der Waals surface area contributed by atoms with Gasteiger partial charge in [0.15, 0.2) is 5.78 Å². The van der Waals surface area contributed by atoms with Crippen molar-refractivity contribution in [2.24, 2.45) is 5.73 Å². The molecule has 7 heteroatoms. The number of Topliss-reactive ketones (excluding diaryl/α,β-unsaturated/α-hetero) is 1. The van der Waals surface area contributed by atoms with Crippen LogP contribution in [0.3, 0.4) is 0 Å². The Kier molecular flexibility index (Phi) is 5.51. The van der Waals surface area contributed by atoms with E-state index < -0.39 is 23.8 Å².